The second-order valence-electron chi connectivity index (χ2n) is 7.26. The monoisotopic (exact) mass is 400 g/mol. The summed E-state index contributed by atoms with van der Waals surface area (Å²) in [4.78, 5) is 15.5. The minimum absolute atomic E-state index is 0.459. The van der Waals surface area contributed by atoms with Gasteiger partial charge in [-0.1, -0.05) is 12.1 Å². The maximum atomic E-state index is 5.44. The molecule has 0 fully saturated rings. The summed E-state index contributed by atoms with van der Waals surface area (Å²) in [7, 11) is 7.26. The third-order valence-electron chi connectivity index (χ3n) is 5.20. The van der Waals surface area contributed by atoms with Crippen LogP contribution in [0.4, 0.5) is 5.69 Å². The number of pyridine rings is 1. The third kappa shape index (κ3) is 3.52. The van der Waals surface area contributed by atoms with Crippen molar-refractivity contribution in [2.75, 3.05) is 33.2 Å². The number of ether oxygens (including phenoxy) is 2. The molecular weight excluding hydrogens is 376 g/mol. The minimum Gasteiger partial charge on any atom is -0.491 e. The van der Waals surface area contributed by atoms with Gasteiger partial charge in [0.05, 0.1) is 19.7 Å². The van der Waals surface area contributed by atoms with Gasteiger partial charge in [0.25, 0.3) is 5.88 Å². The number of anilines is 1. The molecule has 0 aliphatic heterocycles. The van der Waals surface area contributed by atoms with Crippen LogP contribution in [0.5, 0.6) is 11.6 Å². The van der Waals surface area contributed by atoms with Crippen molar-refractivity contribution in [1.29, 1.82) is 0 Å². The molecule has 0 unspecified atom stereocenters. The topological polar surface area (TPSA) is 60.4 Å². The predicted octanol–water partition coefficient (Wildman–Crippen LogP) is 4.75. The molecule has 0 amide bonds. The predicted molar refractivity (Wildman–Crippen MR) is 120 cm³/mol. The first-order chi connectivity index (χ1) is 14.5. The zero-order valence-corrected chi connectivity index (χ0v) is 17.8. The maximum Gasteiger partial charge on any atom is 0.256 e. The standard InChI is InChI=1S/C24H24N4O2/c1-15-20-10-17(18-12-22(29-4)24(30-5)25-13-18)11-21(23(20)27-14-26-15)16-6-8-19(9-7-16)28(2)3/h6-14H,1-5H3. The minimum atomic E-state index is 0.459. The SMILES string of the molecule is COc1cc(-c2cc(-c3ccc(N(C)C)cc3)c3ncnc(C)c3c2)cnc1OC. The number of hydrogen-bond acceptors (Lipinski definition) is 6. The van der Waals surface area contributed by atoms with Gasteiger partial charge in [-0.25, -0.2) is 15.0 Å². The summed E-state index contributed by atoms with van der Waals surface area (Å²) < 4.78 is 10.7. The lowest BCUT2D eigenvalue weighted by atomic mass is 9.95. The van der Waals surface area contributed by atoms with Crippen LogP contribution in [-0.2, 0) is 0 Å². The molecule has 0 bridgehead atoms. The van der Waals surface area contributed by atoms with Crippen molar-refractivity contribution in [2.24, 2.45) is 0 Å². The molecule has 0 radical (unpaired) electrons. The Morgan fingerprint density at radius 3 is 2.23 bits per heavy atom. The van der Waals surface area contributed by atoms with E-state index in [1.807, 2.05) is 27.1 Å². The van der Waals surface area contributed by atoms with Gasteiger partial charge in [0.2, 0.25) is 0 Å². The molecule has 152 valence electrons. The van der Waals surface area contributed by atoms with E-state index < -0.39 is 0 Å². The molecule has 6 nitrogen and oxygen atoms in total. The van der Waals surface area contributed by atoms with Crippen LogP contribution < -0.4 is 14.4 Å². The first-order valence-electron chi connectivity index (χ1n) is 9.63. The number of benzene rings is 2. The first kappa shape index (κ1) is 19.6. The second kappa shape index (κ2) is 7.99. The Morgan fingerprint density at radius 1 is 0.800 bits per heavy atom. The summed E-state index contributed by atoms with van der Waals surface area (Å²) in [5, 5.41) is 1.01. The van der Waals surface area contributed by atoms with Gasteiger partial charge < -0.3 is 14.4 Å². The van der Waals surface area contributed by atoms with Gasteiger partial charge in [0, 0.05) is 48.2 Å². The van der Waals surface area contributed by atoms with Crippen molar-refractivity contribution in [1.82, 2.24) is 15.0 Å². The Balaban J connectivity index is 1.94. The molecular formula is C24H24N4O2. The molecule has 0 aliphatic rings. The molecule has 2 aromatic heterocycles. The highest BCUT2D eigenvalue weighted by Gasteiger charge is 2.14. The lowest BCUT2D eigenvalue weighted by Gasteiger charge is -2.15. The molecule has 0 atom stereocenters. The van der Waals surface area contributed by atoms with Crippen molar-refractivity contribution in [3.63, 3.8) is 0 Å². The molecule has 0 spiro atoms. The van der Waals surface area contributed by atoms with Crippen LogP contribution in [0.1, 0.15) is 5.69 Å². The Labute approximate surface area is 176 Å². The van der Waals surface area contributed by atoms with Crippen LogP contribution in [0.25, 0.3) is 33.2 Å². The molecule has 0 saturated heterocycles. The fraction of sp³-hybridized carbons (Fsp3) is 0.208. The summed E-state index contributed by atoms with van der Waals surface area (Å²) in [6.07, 6.45) is 3.41. The Hall–Kier alpha value is -3.67. The van der Waals surface area contributed by atoms with E-state index in [-0.39, 0.29) is 0 Å². The van der Waals surface area contributed by atoms with Crippen LogP contribution in [-0.4, -0.2) is 43.3 Å². The van der Waals surface area contributed by atoms with E-state index in [1.54, 1.807) is 26.7 Å². The summed E-state index contributed by atoms with van der Waals surface area (Å²) in [5.74, 6) is 1.05. The van der Waals surface area contributed by atoms with E-state index in [0.29, 0.717) is 11.6 Å². The van der Waals surface area contributed by atoms with E-state index in [0.717, 1.165) is 44.5 Å². The Kier molecular flexibility index (Phi) is 5.23. The third-order valence-corrected chi connectivity index (χ3v) is 5.20. The van der Waals surface area contributed by atoms with Gasteiger partial charge in [-0.05, 0) is 48.4 Å². The van der Waals surface area contributed by atoms with E-state index in [2.05, 4.69) is 56.3 Å². The average molecular weight is 400 g/mol. The molecule has 2 aromatic carbocycles. The average Bonchev–Trinajstić information content (AvgIpc) is 2.78. The summed E-state index contributed by atoms with van der Waals surface area (Å²) in [5.41, 5.74) is 7.10. The summed E-state index contributed by atoms with van der Waals surface area (Å²) in [6, 6.07) is 14.6. The van der Waals surface area contributed by atoms with Gasteiger partial charge in [0.15, 0.2) is 5.75 Å². The smallest absolute Gasteiger partial charge is 0.256 e. The van der Waals surface area contributed by atoms with Gasteiger partial charge >= 0.3 is 0 Å². The zero-order valence-electron chi connectivity index (χ0n) is 17.8. The largest absolute Gasteiger partial charge is 0.491 e. The van der Waals surface area contributed by atoms with Crippen LogP contribution in [0.15, 0.2) is 55.0 Å². The molecule has 0 N–H and O–H groups in total. The van der Waals surface area contributed by atoms with E-state index >= 15 is 0 Å². The fourth-order valence-electron chi connectivity index (χ4n) is 3.51. The van der Waals surface area contributed by atoms with Crippen LogP contribution in [0, 0.1) is 6.92 Å². The number of hydrogen-bond donors (Lipinski definition) is 0. The Morgan fingerprint density at radius 2 is 1.57 bits per heavy atom. The number of fused-ring (bicyclic) bond motifs is 1. The lowest BCUT2D eigenvalue weighted by Crippen LogP contribution is -2.07. The van der Waals surface area contributed by atoms with Crippen molar-refractivity contribution < 1.29 is 9.47 Å². The zero-order chi connectivity index (χ0) is 21.3. The molecule has 0 aliphatic carbocycles. The van der Waals surface area contributed by atoms with Gasteiger partial charge in [-0.15, -0.1) is 0 Å². The van der Waals surface area contributed by atoms with E-state index in [4.69, 9.17) is 9.47 Å². The highest BCUT2D eigenvalue weighted by Crippen LogP contribution is 2.36. The van der Waals surface area contributed by atoms with Gasteiger partial charge in [-0.3, -0.25) is 0 Å². The van der Waals surface area contributed by atoms with Crippen molar-refractivity contribution in [3.8, 4) is 33.9 Å². The van der Waals surface area contributed by atoms with E-state index in [9.17, 15) is 0 Å². The molecule has 6 heteroatoms. The lowest BCUT2D eigenvalue weighted by molar-refractivity contribution is 0.343. The van der Waals surface area contributed by atoms with Gasteiger partial charge in [-0.2, -0.15) is 0 Å². The van der Waals surface area contributed by atoms with Crippen LogP contribution >= 0.6 is 0 Å². The van der Waals surface area contributed by atoms with Gasteiger partial charge in [0.1, 0.15) is 6.33 Å². The molecule has 4 aromatic rings. The number of aromatic nitrogens is 3. The Bertz CT molecular complexity index is 1200. The number of aryl methyl sites for hydroxylation is 1. The summed E-state index contributed by atoms with van der Waals surface area (Å²) >= 11 is 0. The van der Waals surface area contributed by atoms with Crippen molar-refractivity contribution >= 4 is 16.6 Å². The number of nitrogens with zero attached hydrogens (tertiary/aromatic N) is 4. The normalized spacial score (nSPS) is 10.8. The highest BCUT2D eigenvalue weighted by molar-refractivity contribution is 5.98. The number of methoxy groups -OCH3 is 2. The van der Waals surface area contributed by atoms with Crippen molar-refractivity contribution in [2.45, 2.75) is 6.92 Å². The summed E-state index contributed by atoms with van der Waals surface area (Å²) in [6.45, 7) is 2.00. The number of rotatable bonds is 5. The highest BCUT2D eigenvalue weighted by atomic mass is 16.5. The first-order valence-corrected chi connectivity index (χ1v) is 9.63. The molecule has 4 rings (SSSR count). The quantitative estimate of drug-likeness (QED) is 0.482. The van der Waals surface area contributed by atoms with Crippen LogP contribution in [0.3, 0.4) is 0 Å². The van der Waals surface area contributed by atoms with Crippen molar-refractivity contribution in [3.05, 3.63) is 60.7 Å². The van der Waals surface area contributed by atoms with E-state index in [1.165, 1.54) is 0 Å². The van der Waals surface area contributed by atoms with Crippen LogP contribution in [0.2, 0.25) is 0 Å². The fourth-order valence-corrected chi connectivity index (χ4v) is 3.51. The second-order valence-corrected chi connectivity index (χ2v) is 7.26. The maximum absolute atomic E-state index is 5.44. The molecule has 30 heavy (non-hydrogen) atoms. The molecule has 2 heterocycles. The molecule has 0 saturated carbocycles.